The number of carboxylic acid groups (broad SMARTS) is 1. The maximum atomic E-state index is 12.4. The van der Waals surface area contributed by atoms with Crippen LogP contribution in [0.25, 0.3) is 0 Å². The third-order valence-electron chi connectivity index (χ3n) is 4.06. The van der Waals surface area contributed by atoms with Gasteiger partial charge < -0.3 is 26.0 Å². The van der Waals surface area contributed by atoms with Crippen LogP contribution in [0.15, 0.2) is 0 Å². The lowest BCUT2D eigenvalue weighted by Gasteiger charge is -2.26. The van der Waals surface area contributed by atoms with Crippen LogP contribution in [0.4, 0.5) is 0 Å². The van der Waals surface area contributed by atoms with E-state index in [0.29, 0.717) is 13.0 Å². The lowest BCUT2D eigenvalue weighted by molar-refractivity contribution is -0.140. The molecule has 0 aromatic carbocycles. The van der Waals surface area contributed by atoms with Crippen LogP contribution in [0, 0.1) is 0 Å². The molecule has 2 heterocycles. The average molecular weight is 326 g/mol. The van der Waals surface area contributed by atoms with Gasteiger partial charge in [-0.1, -0.05) is 0 Å². The van der Waals surface area contributed by atoms with Gasteiger partial charge in [-0.15, -0.1) is 0 Å². The fraction of sp³-hybridized carbons (Fsp3) is 0.714. The van der Waals surface area contributed by atoms with E-state index >= 15 is 0 Å². The Kier molecular flexibility index (Phi) is 5.91. The second-order valence-corrected chi connectivity index (χ2v) is 5.73. The molecule has 2 rings (SSSR count). The van der Waals surface area contributed by atoms with E-state index in [1.165, 1.54) is 0 Å². The Balaban J connectivity index is 1.81. The molecule has 0 bridgehead atoms. The summed E-state index contributed by atoms with van der Waals surface area (Å²) in [6.45, 7) is 0.563. The van der Waals surface area contributed by atoms with Crippen LogP contribution in [0.1, 0.15) is 25.7 Å². The van der Waals surface area contributed by atoms with Gasteiger partial charge in [0, 0.05) is 6.54 Å². The Labute approximate surface area is 133 Å². The smallest absolute Gasteiger partial charge is 0.322 e. The SMILES string of the molecule is O=C(O)CNC(=O)CNC(=O)C1CCCN1C(=O)C1CCCN1. The number of hydrogen-bond donors (Lipinski definition) is 4. The van der Waals surface area contributed by atoms with E-state index in [4.69, 9.17) is 5.11 Å². The number of nitrogens with one attached hydrogen (secondary N) is 3. The van der Waals surface area contributed by atoms with Gasteiger partial charge >= 0.3 is 5.97 Å². The van der Waals surface area contributed by atoms with Gasteiger partial charge in [0.25, 0.3) is 0 Å². The van der Waals surface area contributed by atoms with Crippen LogP contribution in [0.5, 0.6) is 0 Å². The molecule has 4 N–H and O–H groups in total. The average Bonchev–Trinajstić information content (AvgIpc) is 3.20. The summed E-state index contributed by atoms with van der Waals surface area (Å²) in [5.74, 6) is -2.16. The van der Waals surface area contributed by atoms with Crippen molar-refractivity contribution in [1.29, 1.82) is 0 Å². The molecule has 0 aliphatic carbocycles. The number of carbonyl (C=O) groups is 4. The van der Waals surface area contributed by atoms with Crippen molar-refractivity contribution in [3.8, 4) is 0 Å². The Morgan fingerprint density at radius 1 is 1.09 bits per heavy atom. The summed E-state index contributed by atoms with van der Waals surface area (Å²) < 4.78 is 0. The van der Waals surface area contributed by atoms with Crippen molar-refractivity contribution in [2.75, 3.05) is 26.2 Å². The minimum atomic E-state index is -1.15. The normalized spacial score (nSPS) is 23.6. The molecular weight excluding hydrogens is 304 g/mol. The fourth-order valence-corrected chi connectivity index (χ4v) is 2.92. The highest BCUT2D eigenvalue weighted by molar-refractivity contribution is 5.92. The minimum absolute atomic E-state index is 0.0597. The van der Waals surface area contributed by atoms with Crippen LogP contribution >= 0.6 is 0 Å². The lowest BCUT2D eigenvalue weighted by atomic mass is 10.1. The van der Waals surface area contributed by atoms with E-state index in [2.05, 4.69) is 16.0 Å². The number of amides is 3. The van der Waals surface area contributed by atoms with E-state index in [1.807, 2.05) is 0 Å². The van der Waals surface area contributed by atoms with E-state index in [-0.39, 0.29) is 24.4 Å². The molecule has 0 radical (unpaired) electrons. The molecular formula is C14H22N4O5. The first-order chi connectivity index (χ1) is 11.0. The third-order valence-corrected chi connectivity index (χ3v) is 4.06. The van der Waals surface area contributed by atoms with Crippen LogP contribution in [-0.2, 0) is 19.2 Å². The number of rotatable bonds is 6. The van der Waals surface area contributed by atoms with Crippen molar-refractivity contribution in [1.82, 2.24) is 20.9 Å². The summed E-state index contributed by atoms with van der Waals surface area (Å²) in [4.78, 5) is 47.9. The van der Waals surface area contributed by atoms with Crippen molar-refractivity contribution in [3.63, 3.8) is 0 Å². The number of aliphatic carboxylic acids is 1. The molecule has 2 aliphatic heterocycles. The molecule has 0 aromatic heterocycles. The number of nitrogens with zero attached hydrogens (tertiary/aromatic N) is 1. The molecule has 2 aliphatic rings. The van der Waals surface area contributed by atoms with Crippen LogP contribution in [0.3, 0.4) is 0 Å². The summed E-state index contributed by atoms with van der Waals surface area (Å²) in [5, 5.41) is 16.2. The van der Waals surface area contributed by atoms with E-state index in [9.17, 15) is 19.2 Å². The first-order valence-electron chi connectivity index (χ1n) is 7.79. The van der Waals surface area contributed by atoms with E-state index in [0.717, 1.165) is 25.8 Å². The van der Waals surface area contributed by atoms with Gasteiger partial charge in [0.05, 0.1) is 12.6 Å². The molecule has 3 amide bonds. The molecule has 0 saturated carbocycles. The third kappa shape index (κ3) is 4.65. The molecule has 128 valence electrons. The second-order valence-electron chi connectivity index (χ2n) is 5.73. The van der Waals surface area contributed by atoms with Gasteiger partial charge in [-0.2, -0.15) is 0 Å². The summed E-state index contributed by atoms with van der Waals surface area (Å²) in [6.07, 6.45) is 3.05. The highest BCUT2D eigenvalue weighted by Gasteiger charge is 2.37. The zero-order valence-electron chi connectivity index (χ0n) is 12.8. The standard InChI is InChI=1S/C14H22N4O5/c19-11(16-8-12(20)21)7-17-13(22)10-4-2-6-18(10)14(23)9-3-1-5-15-9/h9-10,15H,1-8H2,(H,16,19)(H,17,22)(H,20,21). The van der Waals surface area contributed by atoms with Gasteiger partial charge in [-0.25, -0.2) is 0 Å². The number of carboxylic acids is 1. The van der Waals surface area contributed by atoms with Crippen LogP contribution in [0.2, 0.25) is 0 Å². The summed E-state index contributed by atoms with van der Waals surface area (Å²) >= 11 is 0. The molecule has 2 unspecified atom stereocenters. The highest BCUT2D eigenvalue weighted by atomic mass is 16.4. The monoisotopic (exact) mass is 326 g/mol. The van der Waals surface area contributed by atoms with Crippen molar-refractivity contribution in [3.05, 3.63) is 0 Å². The van der Waals surface area contributed by atoms with Crippen LogP contribution in [-0.4, -0.2) is 72.0 Å². The van der Waals surface area contributed by atoms with Gasteiger partial charge in [0.15, 0.2) is 0 Å². The predicted molar refractivity (Wildman–Crippen MR) is 79.4 cm³/mol. The number of carbonyl (C=O) groups excluding carboxylic acids is 3. The van der Waals surface area contributed by atoms with Crippen LogP contribution < -0.4 is 16.0 Å². The topological polar surface area (TPSA) is 128 Å². The highest BCUT2D eigenvalue weighted by Crippen LogP contribution is 2.20. The molecule has 2 saturated heterocycles. The van der Waals surface area contributed by atoms with Gasteiger partial charge in [-0.05, 0) is 32.2 Å². The van der Waals surface area contributed by atoms with E-state index in [1.54, 1.807) is 4.90 Å². The molecule has 0 spiro atoms. The summed E-state index contributed by atoms with van der Waals surface area (Å²) in [5.41, 5.74) is 0. The second kappa shape index (κ2) is 7.91. The quantitative estimate of drug-likeness (QED) is 0.449. The molecule has 9 heteroatoms. The molecule has 2 fully saturated rings. The number of hydrogen-bond acceptors (Lipinski definition) is 5. The molecule has 0 aromatic rings. The Morgan fingerprint density at radius 3 is 2.52 bits per heavy atom. The lowest BCUT2D eigenvalue weighted by Crippen LogP contribution is -2.52. The Hall–Kier alpha value is -2.16. The Morgan fingerprint density at radius 2 is 1.87 bits per heavy atom. The van der Waals surface area contributed by atoms with Crippen molar-refractivity contribution < 1.29 is 24.3 Å². The molecule has 23 heavy (non-hydrogen) atoms. The first kappa shape index (κ1) is 17.2. The zero-order valence-corrected chi connectivity index (χ0v) is 12.8. The summed E-state index contributed by atoms with van der Waals surface area (Å²) in [6, 6.07) is -0.778. The first-order valence-corrected chi connectivity index (χ1v) is 7.79. The van der Waals surface area contributed by atoms with Gasteiger partial charge in [0.2, 0.25) is 17.7 Å². The predicted octanol–water partition coefficient (Wildman–Crippen LogP) is -1.95. The molecule has 9 nitrogen and oxygen atoms in total. The zero-order chi connectivity index (χ0) is 16.8. The fourth-order valence-electron chi connectivity index (χ4n) is 2.92. The van der Waals surface area contributed by atoms with E-state index < -0.39 is 24.5 Å². The maximum absolute atomic E-state index is 12.4. The van der Waals surface area contributed by atoms with Crippen molar-refractivity contribution in [2.24, 2.45) is 0 Å². The van der Waals surface area contributed by atoms with Crippen molar-refractivity contribution in [2.45, 2.75) is 37.8 Å². The Bertz CT molecular complexity index is 490. The van der Waals surface area contributed by atoms with Gasteiger partial charge in [-0.3, -0.25) is 19.2 Å². The van der Waals surface area contributed by atoms with Gasteiger partial charge in [0.1, 0.15) is 12.6 Å². The number of likely N-dealkylation sites (tertiary alicyclic amines) is 1. The molecule has 2 atom stereocenters. The maximum Gasteiger partial charge on any atom is 0.322 e. The minimum Gasteiger partial charge on any atom is -0.480 e. The summed E-state index contributed by atoms with van der Waals surface area (Å²) in [7, 11) is 0. The largest absolute Gasteiger partial charge is 0.480 e. The van der Waals surface area contributed by atoms with Crippen molar-refractivity contribution >= 4 is 23.7 Å².